The molecule has 0 bridgehead atoms. The molecule has 22 heavy (non-hydrogen) atoms. The molecule has 0 unspecified atom stereocenters. The maximum atomic E-state index is 12.4. The molecule has 2 N–H and O–H groups in total. The summed E-state index contributed by atoms with van der Waals surface area (Å²) >= 11 is 0. The SMILES string of the molecule is CC(=O)c1c[nH]c(C(=O)N[C@@H](CN(C)C)c2ccccc2)c1. The van der Waals surface area contributed by atoms with E-state index in [9.17, 15) is 9.59 Å². The summed E-state index contributed by atoms with van der Waals surface area (Å²) in [6.45, 7) is 2.17. The summed E-state index contributed by atoms with van der Waals surface area (Å²) in [5.41, 5.74) is 1.95. The number of carbonyl (C=O) groups is 2. The second-order valence-electron chi connectivity index (χ2n) is 5.56. The van der Waals surface area contributed by atoms with E-state index in [1.54, 1.807) is 12.3 Å². The van der Waals surface area contributed by atoms with Crippen molar-refractivity contribution in [2.75, 3.05) is 20.6 Å². The molecule has 5 nitrogen and oxygen atoms in total. The van der Waals surface area contributed by atoms with Crippen molar-refractivity contribution in [3.8, 4) is 0 Å². The van der Waals surface area contributed by atoms with Crippen LogP contribution >= 0.6 is 0 Å². The first kappa shape index (κ1) is 16.0. The van der Waals surface area contributed by atoms with E-state index in [2.05, 4.69) is 10.3 Å². The lowest BCUT2D eigenvalue weighted by Gasteiger charge is -2.22. The number of carbonyl (C=O) groups excluding carboxylic acids is 2. The molecule has 0 spiro atoms. The van der Waals surface area contributed by atoms with Crippen LogP contribution in [-0.2, 0) is 0 Å². The Labute approximate surface area is 130 Å². The number of hydrogen-bond acceptors (Lipinski definition) is 3. The summed E-state index contributed by atoms with van der Waals surface area (Å²) < 4.78 is 0. The minimum atomic E-state index is -0.219. The van der Waals surface area contributed by atoms with E-state index in [-0.39, 0.29) is 17.7 Å². The van der Waals surface area contributed by atoms with Crippen molar-refractivity contribution in [1.29, 1.82) is 0 Å². The molecule has 1 atom stereocenters. The zero-order valence-electron chi connectivity index (χ0n) is 13.1. The van der Waals surface area contributed by atoms with E-state index in [0.29, 0.717) is 17.8 Å². The first-order valence-corrected chi connectivity index (χ1v) is 7.17. The predicted molar refractivity (Wildman–Crippen MR) is 86.0 cm³/mol. The summed E-state index contributed by atoms with van der Waals surface area (Å²) in [6, 6.07) is 11.3. The molecule has 0 fully saturated rings. The van der Waals surface area contributed by atoms with Gasteiger partial charge in [0.05, 0.1) is 6.04 Å². The zero-order chi connectivity index (χ0) is 16.1. The third-order valence-electron chi connectivity index (χ3n) is 3.39. The lowest BCUT2D eigenvalue weighted by atomic mass is 10.1. The molecule has 0 aliphatic heterocycles. The Hall–Kier alpha value is -2.40. The van der Waals surface area contributed by atoms with Crippen molar-refractivity contribution in [3.05, 3.63) is 59.4 Å². The van der Waals surface area contributed by atoms with Crippen LogP contribution in [0, 0.1) is 0 Å². The maximum absolute atomic E-state index is 12.4. The van der Waals surface area contributed by atoms with Crippen LogP contribution < -0.4 is 5.32 Å². The number of amides is 1. The number of aromatic nitrogens is 1. The van der Waals surface area contributed by atoms with Crippen LogP contribution in [0.2, 0.25) is 0 Å². The fraction of sp³-hybridized carbons (Fsp3) is 0.294. The molecule has 2 aromatic rings. The standard InChI is InChI=1S/C17H21N3O2/c1-12(21)14-9-15(18-10-14)17(22)19-16(11-20(2)3)13-7-5-4-6-8-13/h4-10,16,18H,11H2,1-3H3,(H,19,22)/t16-/m0/s1. The number of likely N-dealkylation sites (N-methyl/N-ethyl adjacent to an activating group) is 1. The summed E-state index contributed by atoms with van der Waals surface area (Å²) in [7, 11) is 3.93. The van der Waals surface area contributed by atoms with E-state index in [1.807, 2.05) is 49.3 Å². The smallest absolute Gasteiger partial charge is 0.268 e. The number of benzene rings is 1. The Morgan fingerprint density at radius 1 is 1.23 bits per heavy atom. The maximum Gasteiger partial charge on any atom is 0.268 e. The quantitative estimate of drug-likeness (QED) is 0.804. The van der Waals surface area contributed by atoms with Gasteiger partial charge in [-0.2, -0.15) is 0 Å². The van der Waals surface area contributed by atoms with E-state index in [4.69, 9.17) is 0 Å². The van der Waals surface area contributed by atoms with Crippen LogP contribution in [-0.4, -0.2) is 42.2 Å². The van der Waals surface area contributed by atoms with Gasteiger partial charge in [-0.1, -0.05) is 30.3 Å². The van der Waals surface area contributed by atoms with Gasteiger partial charge < -0.3 is 15.2 Å². The number of nitrogens with zero attached hydrogens (tertiary/aromatic N) is 1. The summed E-state index contributed by atoms with van der Waals surface area (Å²) in [5, 5.41) is 3.01. The molecule has 1 aromatic carbocycles. The van der Waals surface area contributed by atoms with Gasteiger partial charge in [0.1, 0.15) is 5.69 Å². The normalized spacial score (nSPS) is 12.2. The number of rotatable bonds is 6. The lowest BCUT2D eigenvalue weighted by molar-refractivity contribution is 0.0925. The largest absolute Gasteiger partial charge is 0.356 e. The van der Waals surface area contributed by atoms with Crippen LogP contribution in [0.15, 0.2) is 42.6 Å². The minimum absolute atomic E-state index is 0.0665. The highest BCUT2D eigenvalue weighted by atomic mass is 16.2. The number of ketones is 1. The summed E-state index contributed by atoms with van der Waals surface area (Å²) in [4.78, 5) is 28.6. The Bertz CT molecular complexity index is 647. The minimum Gasteiger partial charge on any atom is -0.356 e. The number of aromatic amines is 1. The van der Waals surface area contributed by atoms with Crippen molar-refractivity contribution < 1.29 is 9.59 Å². The molecule has 5 heteroatoms. The van der Waals surface area contributed by atoms with Crippen molar-refractivity contribution in [1.82, 2.24) is 15.2 Å². The van der Waals surface area contributed by atoms with Crippen molar-refractivity contribution >= 4 is 11.7 Å². The molecular formula is C17H21N3O2. The molecule has 1 amide bonds. The third kappa shape index (κ3) is 4.05. The van der Waals surface area contributed by atoms with Crippen LogP contribution in [0.25, 0.3) is 0 Å². The molecule has 0 aliphatic carbocycles. The van der Waals surface area contributed by atoms with Gasteiger partial charge in [0.2, 0.25) is 0 Å². The first-order chi connectivity index (χ1) is 10.5. The van der Waals surface area contributed by atoms with Gasteiger partial charge in [-0.05, 0) is 32.6 Å². The van der Waals surface area contributed by atoms with Crippen molar-refractivity contribution in [2.45, 2.75) is 13.0 Å². The monoisotopic (exact) mass is 299 g/mol. The van der Waals surface area contributed by atoms with E-state index >= 15 is 0 Å². The molecule has 0 saturated heterocycles. The van der Waals surface area contributed by atoms with Gasteiger partial charge in [0, 0.05) is 18.3 Å². The van der Waals surface area contributed by atoms with Gasteiger partial charge in [0.25, 0.3) is 5.91 Å². The van der Waals surface area contributed by atoms with Gasteiger partial charge in [-0.15, -0.1) is 0 Å². The molecule has 0 radical (unpaired) electrons. The highest BCUT2D eigenvalue weighted by Crippen LogP contribution is 2.14. The fourth-order valence-corrected chi connectivity index (χ4v) is 2.25. The summed E-state index contributed by atoms with van der Waals surface area (Å²) in [6.07, 6.45) is 1.56. The molecule has 0 saturated carbocycles. The highest BCUT2D eigenvalue weighted by molar-refractivity contribution is 5.99. The Balaban J connectivity index is 2.15. The first-order valence-electron chi connectivity index (χ1n) is 7.17. The average molecular weight is 299 g/mol. The lowest BCUT2D eigenvalue weighted by Crippen LogP contribution is -2.35. The molecule has 1 aromatic heterocycles. The Morgan fingerprint density at radius 3 is 2.45 bits per heavy atom. The number of nitrogens with one attached hydrogen (secondary N) is 2. The van der Waals surface area contributed by atoms with Crippen LogP contribution in [0.4, 0.5) is 0 Å². The molecular weight excluding hydrogens is 278 g/mol. The number of Topliss-reactive ketones (excluding diaryl/α,β-unsaturated/α-hetero) is 1. The van der Waals surface area contributed by atoms with Crippen LogP contribution in [0.1, 0.15) is 39.4 Å². The fourth-order valence-electron chi connectivity index (χ4n) is 2.25. The van der Waals surface area contributed by atoms with Gasteiger partial charge in [-0.25, -0.2) is 0 Å². The third-order valence-corrected chi connectivity index (χ3v) is 3.39. The van der Waals surface area contributed by atoms with E-state index in [0.717, 1.165) is 5.56 Å². The highest BCUT2D eigenvalue weighted by Gasteiger charge is 2.18. The molecule has 116 valence electrons. The average Bonchev–Trinajstić information content (AvgIpc) is 2.97. The van der Waals surface area contributed by atoms with Crippen LogP contribution in [0.5, 0.6) is 0 Å². The van der Waals surface area contributed by atoms with Gasteiger partial charge in [-0.3, -0.25) is 9.59 Å². The van der Waals surface area contributed by atoms with E-state index in [1.165, 1.54) is 6.92 Å². The molecule has 0 aliphatic rings. The predicted octanol–water partition coefficient (Wildman–Crippen LogP) is 2.25. The van der Waals surface area contributed by atoms with Gasteiger partial charge in [0.15, 0.2) is 5.78 Å². The van der Waals surface area contributed by atoms with Crippen molar-refractivity contribution in [3.63, 3.8) is 0 Å². The number of H-pyrrole nitrogens is 1. The molecule has 1 heterocycles. The zero-order valence-corrected chi connectivity index (χ0v) is 13.1. The van der Waals surface area contributed by atoms with Crippen LogP contribution in [0.3, 0.4) is 0 Å². The second-order valence-corrected chi connectivity index (χ2v) is 5.56. The number of hydrogen-bond donors (Lipinski definition) is 2. The van der Waals surface area contributed by atoms with Gasteiger partial charge >= 0.3 is 0 Å². The topological polar surface area (TPSA) is 65.2 Å². The Morgan fingerprint density at radius 2 is 1.91 bits per heavy atom. The van der Waals surface area contributed by atoms with Crippen molar-refractivity contribution in [2.24, 2.45) is 0 Å². The summed E-state index contributed by atoms with van der Waals surface area (Å²) in [5.74, 6) is -0.286. The van der Waals surface area contributed by atoms with E-state index < -0.39 is 0 Å². The molecule has 2 rings (SSSR count). The Kier molecular flexibility index (Phi) is 5.12. The second kappa shape index (κ2) is 7.04.